The van der Waals surface area contributed by atoms with Crippen LogP contribution in [0.25, 0.3) is 0 Å². The van der Waals surface area contributed by atoms with Gasteiger partial charge in [-0.15, -0.1) is 4.72 Å². The van der Waals surface area contributed by atoms with Gasteiger partial charge in [0, 0.05) is 17.9 Å². The summed E-state index contributed by atoms with van der Waals surface area (Å²) in [4.78, 5) is 0. The molecule has 126 valence electrons. The second-order valence-electron chi connectivity index (χ2n) is 6.04. The van der Waals surface area contributed by atoms with Crippen molar-refractivity contribution in [1.29, 1.82) is 0 Å². The van der Waals surface area contributed by atoms with Crippen LogP contribution in [-0.2, 0) is 17.9 Å². The van der Waals surface area contributed by atoms with E-state index in [2.05, 4.69) is 4.72 Å². The third-order valence-corrected chi connectivity index (χ3v) is 4.62. The number of hydrogen-bond acceptors (Lipinski definition) is 4. The average molecular weight is 334 g/mol. The first kappa shape index (κ1) is 19.2. The van der Waals surface area contributed by atoms with Crippen molar-refractivity contribution in [1.82, 2.24) is 4.72 Å². The number of hydrogen-bond donors (Lipinski definition) is 2. The highest BCUT2D eigenvalue weighted by Crippen LogP contribution is 2.25. The second-order valence-corrected chi connectivity index (χ2v) is 8.04. The molecule has 0 aromatic heterocycles. The summed E-state index contributed by atoms with van der Waals surface area (Å²) >= 11 is -1.24. The topological polar surface area (TPSA) is 70.3 Å². The lowest BCUT2D eigenvalue weighted by molar-refractivity contribution is 0.0818. The average Bonchev–Trinajstić information content (AvgIpc) is 2.43. The van der Waals surface area contributed by atoms with Crippen molar-refractivity contribution in [3.05, 3.63) is 29.3 Å². The molecule has 7 heteroatoms. The van der Waals surface area contributed by atoms with Crippen LogP contribution in [0.5, 0.6) is 5.75 Å². The van der Waals surface area contributed by atoms with Crippen LogP contribution in [-0.4, -0.2) is 22.3 Å². The molecule has 0 radical (unpaired) electrons. The third-order valence-electron chi connectivity index (χ3n) is 2.94. The van der Waals surface area contributed by atoms with Crippen molar-refractivity contribution in [2.24, 2.45) is 5.73 Å². The summed E-state index contributed by atoms with van der Waals surface area (Å²) in [6, 6.07) is 4.94. The van der Waals surface area contributed by atoms with Crippen LogP contribution in [0.4, 0.5) is 8.78 Å². The molecular weight excluding hydrogens is 310 g/mol. The van der Waals surface area contributed by atoms with Crippen molar-refractivity contribution < 1.29 is 18.1 Å². The number of nitrogens with one attached hydrogen (secondary N) is 1. The lowest BCUT2D eigenvalue weighted by Crippen LogP contribution is -2.40. The molecule has 0 aliphatic rings. The fourth-order valence-corrected chi connectivity index (χ4v) is 2.51. The second kappa shape index (κ2) is 8.10. The van der Waals surface area contributed by atoms with E-state index in [9.17, 15) is 13.3 Å². The molecule has 0 bridgehead atoms. The van der Waals surface area contributed by atoms with Crippen LogP contribution < -0.4 is 15.2 Å². The molecule has 3 N–H and O–H groups in total. The van der Waals surface area contributed by atoms with Crippen molar-refractivity contribution in [3.8, 4) is 5.75 Å². The van der Waals surface area contributed by atoms with Gasteiger partial charge in [0.05, 0.1) is 6.04 Å². The molecule has 0 aliphatic carbocycles. The van der Waals surface area contributed by atoms with Gasteiger partial charge in [0.2, 0.25) is 0 Å². The van der Waals surface area contributed by atoms with E-state index >= 15 is 0 Å². The molecule has 0 aliphatic heterocycles. The predicted molar refractivity (Wildman–Crippen MR) is 85.3 cm³/mol. The molecule has 0 fully saturated rings. The van der Waals surface area contributed by atoms with Gasteiger partial charge >= 0.3 is 0 Å². The lowest BCUT2D eigenvalue weighted by Gasteiger charge is -2.27. The zero-order valence-electron chi connectivity index (χ0n) is 13.4. The van der Waals surface area contributed by atoms with E-state index in [0.717, 1.165) is 11.1 Å². The molecule has 22 heavy (non-hydrogen) atoms. The van der Waals surface area contributed by atoms with E-state index in [1.165, 1.54) is 0 Å². The number of ether oxygens (including phenoxy) is 1. The van der Waals surface area contributed by atoms with Gasteiger partial charge in [-0.05, 0) is 51.0 Å². The minimum atomic E-state index is -2.53. The maximum absolute atomic E-state index is 12.3. The Hall–Kier alpha value is -0.890. The molecular formula is C15H24F2N2O2S. The van der Waals surface area contributed by atoms with E-state index in [4.69, 9.17) is 10.5 Å². The Kier molecular flexibility index (Phi) is 7.05. The molecule has 0 saturated carbocycles. The Morgan fingerprint density at radius 1 is 1.32 bits per heavy atom. The van der Waals surface area contributed by atoms with Crippen LogP contribution in [0.15, 0.2) is 18.2 Å². The van der Waals surface area contributed by atoms with Crippen molar-refractivity contribution in [2.75, 3.05) is 6.61 Å². The number of alkyl halides is 2. The minimum Gasteiger partial charge on any atom is -0.598 e. The summed E-state index contributed by atoms with van der Waals surface area (Å²) in [6.45, 7) is 7.08. The largest absolute Gasteiger partial charge is 0.598 e. The normalized spacial score (nSPS) is 15.0. The van der Waals surface area contributed by atoms with Crippen molar-refractivity contribution in [3.63, 3.8) is 0 Å². The molecule has 1 aromatic carbocycles. The van der Waals surface area contributed by atoms with Gasteiger partial charge in [0.1, 0.15) is 17.1 Å². The number of benzene rings is 1. The summed E-state index contributed by atoms with van der Waals surface area (Å²) in [5.74, 6) is 0.341. The standard InChI is InChI=1S/C15H24F2N2O2S/c1-10(19-22(20)15(2,3)4)12-5-11(8-18)6-13(7-12)21-9-14(16)17/h5-7,10,14,19H,8-9,18H2,1-4H3/t10-,22-/m1/s1. The molecule has 0 heterocycles. The van der Waals surface area contributed by atoms with Gasteiger partial charge in [0.25, 0.3) is 6.43 Å². The smallest absolute Gasteiger partial charge is 0.272 e. The Labute approximate surface area is 133 Å². The SMILES string of the molecule is C[C@@H](N[S@+]([O-])C(C)(C)C)c1cc(CN)cc(OCC(F)F)c1. The third kappa shape index (κ3) is 6.08. The van der Waals surface area contributed by atoms with Gasteiger partial charge in [0.15, 0.2) is 0 Å². The van der Waals surface area contributed by atoms with Gasteiger partial charge in [-0.1, -0.05) is 6.07 Å². The van der Waals surface area contributed by atoms with Crippen molar-refractivity contribution in [2.45, 2.75) is 51.5 Å². The maximum Gasteiger partial charge on any atom is 0.272 e. The quantitative estimate of drug-likeness (QED) is 0.752. The van der Waals surface area contributed by atoms with Crippen LogP contribution in [0.1, 0.15) is 44.9 Å². The highest BCUT2D eigenvalue weighted by atomic mass is 32.2. The summed E-state index contributed by atoms with van der Waals surface area (Å²) in [6.07, 6.45) is -2.53. The van der Waals surface area contributed by atoms with E-state index < -0.39 is 29.1 Å². The van der Waals surface area contributed by atoms with E-state index in [1.54, 1.807) is 12.1 Å². The van der Waals surface area contributed by atoms with Crippen LogP contribution >= 0.6 is 0 Å². The Morgan fingerprint density at radius 2 is 1.95 bits per heavy atom. The molecule has 4 nitrogen and oxygen atoms in total. The molecule has 0 unspecified atom stereocenters. The first-order chi connectivity index (χ1) is 10.1. The zero-order valence-corrected chi connectivity index (χ0v) is 14.2. The number of nitrogens with two attached hydrogens (primary N) is 1. The number of rotatable bonds is 7. The number of halogens is 2. The monoisotopic (exact) mass is 334 g/mol. The fourth-order valence-electron chi connectivity index (χ4n) is 1.70. The highest BCUT2D eigenvalue weighted by molar-refractivity contribution is 7.90. The lowest BCUT2D eigenvalue weighted by atomic mass is 10.1. The summed E-state index contributed by atoms with van der Waals surface area (Å²) in [5, 5.41) is 0. The Balaban J connectivity index is 2.90. The molecule has 0 amide bonds. The van der Waals surface area contributed by atoms with Gasteiger partial charge in [-0.2, -0.15) is 0 Å². The van der Waals surface area contributed by atoms with Crippen molar-refractivity contribution >= 4 is 11.4 Å². The van der Waals surface area contributed by atoms with Crippen LogP contribution in [0.3, 0.4) is 0 Å². The van der Waals surface area contributed by atoms with Gasteiger partial charge < -0.3 is 15.0 Å². The minimum absolute atomic E-state index is 0.222. The van der Waals surface area contributed by atoms with E-state index in [-0.39, 0.29) is 12.6 Å². The Bertz CT molecular complexity index is 481. The summed E-state index contributed by atoms with van der Waals surface area (Å²) < 4.78 is 44.4. The molecule has 0 spiro atoms. The fraction of sp³-hybridized carbons (Fsp3) is 0.600. The predicted octanol–water partition coefficient (Wildman–Crippen LogP) is 2.90. The van der Waals surface area contributed by atoms with Crippen LogP contribution in [0.2, 0.25) is 0 Å². The zero-order chi connectivity index (χ0) is 16.9. The van der Waals surface area contributed by atoms with E-state index in [0.29, 0.717) is 5.75 Å². The first-order valence-electron chi connectivity index (χ1n) is 7.06. The van der Waals surface area contributed by atoms with E-state index in [1.807, 2.05) is 33.8 Å². The van der Waals surface area contributed by atoms with Gasteiger partial charge in [-0.3, -0.25) is 0 Å². The highest BCUT2D eigenvalue weighted by Gasteiger charge is 2.28. The summed E-state index contributed by atoms with van der Waals surface area (Å²) in [5.41, 5.74) is 7.20. The maximum atomic E-state index is 12.3. The molecule has 1 rings (SSSR count). The molecule has 1 aromatic rings. The summed E-state index contributed by atoms with van der Waals surface area (Å²) in [7, 11) is 0. The van der Waals surface area contributed by atoms with Gasteiger partial charge in [-0.25, -0.2) is 8.78 Å². The first-order valence-corrected chi connectivity index (χ1v) is 8.21. The molecule has 2 atom stereocenters. The molecule has 0 saturated heterocycles. The Morgan fingerprint density at radius 3 is 2.45 bits per heavy atom. The van der Waals surface area contributed by atoms with Crippen LogP contribution in [0, 0.1) is 0 Å².